The standard InChI is InChI=1S/C15H22N2O2/c1-19-14-7-3-2-6-13(14)12-16-9-5-11-17-10-4-8-15(17)18/h2-3,6-7,16H,4-5,8-12H2,1H3. The lowest BCUT2D eigenvalue weighted by molar-refractivity contribution is -0.127. The normalized spacial score (nSPS) is 15.0. The second-order valence-electron chi connectivity index (χ2n) is 4.83. The molecule has 0 saturated carbocycles. The van der Waals surface area contributed by atoms with E-state index in [1.54, 1.807) is 7.11 Å². The molecule has 0 aliphatic carbocycles. The van der Waals surface area contributed by atoms with Gasteiger partial charge < -0.3 is 15.0 Å². The zero-order chi connectivity index (χ0) is 13.5. The minimum absolute atomic E-state index is 0.310. The monoisotopic (exact) mass is 262 g/mol. The summed E-state index contributed by atoms with van der Waals surface area (Å²) >= 11 is 0. The van der Waals surface area contributed by atoms with Gasteiger partial charge in [0.15, 0.2) is 0 Å². The van der Waals surface area contributed by atoms with Gasteiger partial charge in [-0.1, -0.05) is 18.2 Å². The Morgan fingerprint density at radius 2 is 2.21 bits per heavy atom. The molecule has 4 nitrogen and oxygen atoms in total. The number of carbonyl (C=O) groups is 1. The van der Waals surface area contributed by atoms with E-state index in [-0.39, 0.29) is 0 Å². The van der Waals surface area contributed by atoms with Gasteiger partial charge in [0, 0.05) is 31.6 Å². The maximum atomic E-state index is 11.4. The predicted molar refractivity (Wildman–Crippen MR) is 75.1 cm³/mol. The molecule has 2 rings (SSSR count). The van der Waals surface area contributed by atoms with Gasteiger partial charge in [-0.15, -0.1) is 0 Å². The molecule has 0 unspecified atom stereocenters. The first-order valence-corrected chi connectivity index (χ1v) is 6.91. The molecule has 1 aromatic rings. The molecule has 0 aromatic heterocycles. The zero-order valence-electron chi connectivity index (χ0n) is 11.5. The van der Waals surface area contributed by atoms with Crippen molar-refractivity contribution < 1.29 is 9.53 Å². The first-order valence-electron chi connectivity index (χ1n) is 6.91. The molecule has 1 aromatic carbocycles. The highest BCUT2D eigenvalue weighted by Gasteiger charge is 2.18. The van der Waals surface area contributed by atoms with Gasteiger partial charge in [-0.05, 0) is 25.5 Å². The molecular formula is C15H22N2O2. The molecule has 104 valence electrons. The Labute approximate surface area is 114 Å². The van der Waals surface area contributed by atoms with Crippen molar-refractivity contribution in [1.82, 2.24) is 10.2 Å². The number of methoxy groups -OCH3 is 1. The van der Waals surface area contributed by atoms with E-state index in [1.807, 2.05) is 23.1 Å². The van der Waals surface area contributed by atoms with Crippen LogP contribution in [0.2, 0.25) is 0 Å². The lowest BCUT2D eigenvalue weighted by Crippen LogP contribution is -2.28. The molecule has 1 saturated heterocycles. The Balaban J connectivity index is 1.65. The van der Waals surface area contributed by atoms with Crippen LogP contribution in [0.5, 0.6) is 5.75 Å². The molecule has 1 heterocycles. The Morgan fingerprint density at radius 1 is 1.37 bits per heavy atom. The molecule has 1 amide bonds. The van der Waals surface area contributed by atoms with Gasteiger partial charge in [-0.3, -0.25) is 4.79 Å². The average Bonchev–Trinajstić information content (AvgIpc) is 2.84. The lowest BCUT2D eigenvalue weighted by Gasteiger charge is -2.15. The number of ether oxygens (including phenoxy) is 1. The van der Waals surface area contributed by atoms with E-state index in [1.165, 1.54) is 5.56 Å². The van der Waals surface area contributed by atoms with E-state index in [0.717, 1.165) is 51.2 Å². The minimum Gasteiger partial charge on any atom is -0.496 e. The molecule has 0 radical (unpaired) electrons. The molecule has 0 atom stereocenters. The number of amides is 1. The molecule has 1 N–H and O–H groups in total. The number of nitrogens with one attached hydrogen (secondary N) is 1. The van der Waals surface area contributed by atoms with Crippen molar-refractivity contribution in [2.24, 2.45) is 0 Å². The van der Waals surface area contributed by atoms with Crippen LogP contribution in [0.25, 0.3) is 0 Å². The zero-order valence-corrected chi connectivity index (χ0v) is 11.5. The van der Waals surface area contributed by atoms with Crippen LogP contribution in [0.4, 0.5) is 0 Å². The third kappa shape index (κ3) is 3.96. The molecule has 19 heavy (non-hydrogen) atoms. The van der Waals surface area contributed by atoms with Gasteiger partial charge in [-0.2, -0.15) is 0 Å². The van der Waals surface area contributed by atoms with Crippen molar-refractivity contribution in [3.8, 4) is 5.75 Å². The number of hydrogen-bond donors (Lipinski definition) is 1. The fourth-order valence-electron chi connectivity index (χ4n) is 2.41. The number of likely N-dealkylation sites (tertiary alicyclic amines) is 1. The van der Waals surface area contributed by atoms with E-state index in [0.29, 0.717) is 5.91 Å². The second kappa shape index (κ2) is 7.14. The summed E-state index contributed by atoms with van der Waals surface area (Å²) in [5.41, 5.74) is 1.17. The fourth-order valence-corrected chi connectivity index (χ4v) is 2.41. The third-order valence-electron chi connectivity index (χ3n) is 3.46. The Kier molecular flexibility index (Phi) is 5.21. The van der Waals surface area contributed by atoms with Gasteiger partial charge in [-0.25, -0.2) is 0 Å². The summed E-state index contributed by atoms with van der Waals surface area (Å²) in [6.07, 6.45) is 2.75. The molecule has 1 fully saturated rings. The number of carbonyl (C=O) groups excluding carboxylic acids is 1. The summed E-state index contributed by atoms with van der Waals surface area (Å²) in [5, 5.41) is 3.40. The van der Waals surface area contributed by atoms with Crippen LogP contribution in [0.3, 0.4) is 0 Å². The number of para-hydroxylation sites is 1. The van der Waals surface area contributed by atoms with Crippen LogP contribution in [0.1, 0.15) is 24.8 Å². The number of benzene rings is 1. The Morgan fingerprint density at radius 3 is 2.95 bits per heavy atom. The summed E-state index contributed by atoms with van der Waals surface area (Å²) in [6, 6.07) is 8.03. The number of nitrogens with zero attached hydrogens (tertiary/aromatic N) is 1. The van der Waals surface area contributed by atoms with Gasteiger partial charge in [0.25, 0.3) is 0 Å². The van der Waals surface area contributed by atoms with E-state index < -0.39 is 0 Å². The lowest BCUT2D eigenvalue weighted by atomic mass is 10.2. The minimum atomic E-state index is 0.310. The van der Waals surface area contributed by atoms with Crippen molar-refractivity contribution >= 4 is 5.91 Å². The molecule has 1 aliphatic rings. The second-order valence-corrected chi connectivity index (χ2v) is 4.83. The summed E-state index contributed by atoms with van der Waals surface area (Å²) in [5.74, 6) is 1.23. The van der Waals surface area contributed by atoms with E-state index in [9.17, 15) is 4.79 Å². The molecule has 4 heteroatoms. The van der Waals surface area contributed by atoms with Crippen molar-refractivity contribution in [3.05, 3.63) is 29.8 Å². The van der Waals surface area contributed by atoms with Crippen molar-refractivity contribution in [3.63, 3.8) is 0 Å². The summed E-state index contributed by atoms with van der Waals surface area (Å²) < 4.78 is 5.30. The van der Waals surface area contributed by atoms with Crippen LogP contribution in [-0.4, -0.2) is 37.6 Å². The highest BCUT2D eigenvalue weighted by atomic mass is 16.5. The van der Waals surface area contributed by atoms with Gasteiger partial charge in [0.2, 0.25) is 5.91 Å². The van der Waals surface area contributed by atoms with Crippen molar-refractivity contribution in [2.75, 3.05) is 26.7 Å². The number of hydrogen-bond acceptors (Lipinski definition) is 3. The first kappa shape index (κ1) is 13.9. The molecule has 0 bridgehead atoms. The van der Waals surface area contributed by atoms with Crippen LogP contribution in [0, 0.1) is 0 Å². The van der Waals surface area contributed by atoms with Gasteiger partial charge >= 0.3 is 0 Å². The van der Waals surface area contributed by atoms with Gasteiger partial charge in [0.05, 0.1) is 7.11 Å². The SMILES string of the molecule is COc1ccccc1CNCCCN1CCCC1=O. The maximum Gasteiger partial charge on any atom is 0.222 e. The van der Waals surface area contributed by atoms with Crippen LogP contribution in [-0.2, 0) is 11.3 Å². The van der Waals surface area contributed by atoms with Gasteiger partial charge in [0.1, 0.15) is 5.75 Å². The fraction of sp³-hybridized carbons (Fsp3) is 0.533. The average molecular weight is 262 g/mol. The first-order chi connectivity index (χ1) is 9.31. The topological polar surface area (TPSA) is 41.6 Å². The molecule has 0 spiro atoms. The van der Waals surface area contributed by atoms with E-state index >= 15 is 0 Å². The van der Waals surface area contributed by atoms with E-state index in [2.05, 4.69) is 11.4 Å². The largest absolute Gasteiger partial charge is 0.496 e. The number of rotatable bonds is 7. The van der Waals surface area contributed by atoms with Crippen molar-refractivity contribution in [1.29, 1.82) is 0 Å². The summed E-state index contributed by atoms with van der Waals surface area (Å²) in [4.78, 5) is 13.4. The molecule has 1 aliphatic heterocycles. The Hall–Kier alpha value is -1.55. The maximum absolute atomic E-state index is 11.4. The quantitative estimate of drug-likeness (QED) is 0.762. The summed E-state index contributed by atoms with van der Waals surface area (Å²) in [7, 11) is 1.69. The Bertz CT molecular complexity index is 420. The highest BCUT2D eigenvalue weighted by Crippen LogP contribution is 2.16. The molecular weight excluding hydrogens is 240 g/mol. The van der Waals surface area contributed by atoms with E-state index in [4.69, 9.17) is 4.74 Å². The smallest absolute Gasteiger partial charge is 0.222 e. The third-order valence-corrected chi connectivity index (χ3v) is 3.46. The van der Waals surface area contributed by atoms with Crippen LogP contribution < -0.4 is 10.1 Å². The van der Waals surface area contributed by atoms with Crippen LogP contribution >= 0.6 is 0 Å². The van der Waals surface area contributed by atoms with Crippen LogP contribution in [0.15, 0.2) is 24.3 Å². The van der Waals surface area contributed by atoms with Crippen molar-refractivity contribution in [2.45, 2.75) is 25.8 Å². The highest BCUT2D eigenvalue weighted by molar-refractivity contribution is 5.77. The predicted octanol–water partition coefficient (Wildman–Crippen LogP) is 1.80. The summed E-state index contributed by atoms with van der Waals surface area (Å²) in [6.45, 7) is 3.53.